The van der Waals surface area contributed by atoms with Gasteiger partial charge in [0.15, 0.2) is 0 Å². The van der Waals surface area contributed by atoms with Crippen LogP contribution in [0.5, 0.6) is 5.75 Å². The Balaban J connectivity index is 1.41. The van der Waals surface area contributed by atoms with Gasteiger partial charge in [0.1, 0.15) is 24.1 Å². The van der Waals surface area contributed by atoms with Crippen LogP contribution in [0, 0.1) is 29.1 Å². The van der Waals surface area contributed by atoms with Crippen molar-refractivity contribution in [3.8, 4) is 11.8 Å². The van der Waals surface area contributed by atoms with Gasteiger partial charge in [-0.15, -0.1) is 0 Å². The molecule has 0 unspecified atom stereocenters. The van der Waals surface area contributed by atoms with E-state index in [9.17, 15) is 23.6 Å². The molecule has 5 atom stereocenters. The number of rotatable bonds is 2. The molecule has 0 radical (unpaired) electrons. The molecular weight excluding hydrogens is 660 g/mol. The van der Waals surface area contributed by atoms with Crippen LogP contribution >= 0.6 is 11.6 Å². The Bertz CT molecular complexity index is 1890. The van der Waals surface area contributed by atoms with E-state index in [1.165, 1.54) is 0 Å². The Morgan fingerprint density at radius 3 is 2.73 bits per heavy atom. The molecule has 1 amide bonds. The lowest BCUT2D eigenvalue weighted by atomic mass is 9.62. The van der Waals surface area contributed by atoms with E-state index in [1.807, 2.05) is 43.3 Å². The summed E-state index contributed by atoms with van der Waals surface area (Å²) in [6, 6.07) is 16.6. The van der Waals surface area contributed by atoms with Gasteiger partial charge in [-0.25, -0.2) is 18.1 Å². The second kappa shape index (κ2) is 14.5. The first-order valence-electron chi connectivity index (χ1n) is 17.1. The monoisotopic (exact) mass is 702 g/mol. The van der Waals surface area contributed by atoms with Gasteiger partial charge in [-0.1, -0.05) is 36.7 Å². The first kappa shape index (κ1) is 34.9. The quantitative estimate of drug-likeness (QED) is 0.295. The van der Waals surface area contributed by atoms with Gasteiger partial charge in [0, 0.05) is 36.3 Å². The number of aryl methyl sites for hydroxylation is 1. The molecule has 1 aliphatic carbocycles. The molecule has 1 saturated carbocycles. The SMILES string of the molecule is C[C@@H]1[C@@H](C)C/C=C/[C@@](O)(Cc2ccnc(C#N)c2)[C@@H]2CC[C@H]2CN2CCCCc3cc(Cl)ccc3COc3ccc(cc32)C(=O)NS1(=O)=O. The minimum atomic E-state index is -4.02. The predicted molar refractivity (Wildman–Crippen MR) is 190 cm³/mol. The number of amides is 1. The Hall–Kier alpha value is -3.91. The van der Waals surface area contributed by atoms with Crippen LogP contribution in [0.1, 0.15) is 78.7 Å². The fourth-order valence-electron chi connectivity index (χ4n) is 7.36. The van der Waals surface area contributed by atoms with Gasteiger partial charge in [0.05, 0.1) is 16.5 Å². The highest BCUT2D eigenvalue weighted by molar-refractivity contribution is 7.90. The Morgan fingerprint density at radius 2 is 1.96 bits per heavy atom. The molecule has 1 aromatic heterocycles. The molecular formula is C38H43ClN4O5S. The number of anilines is 1. The Morgan fingerprint density at radius 1 is 1.12 bits per heavy atom. The molecule has 3 aromatic rings. The Labute approximate surface area is 294 Å². The van der Waals surface area contributed by atoms with Gasteiger partial charge in [-0.3, -0.25) is 4.79 Å². The van der Waals surface area contributed by atoms with Crippen LogP contribution in [0.2, 0.25) is 5.02 Å². The molecule has 11 heteroatoms. The van der Waals surface area contributed by atoms with Gasteiger partial charge < -0.3 is 14.7 Å². The van der Waals surface area contributed by atoms with Gasteiger partial charge in [-0.05, 0) is 122 Å². The van der Waals surface area contributed by atoms with E-state index >= 15 is 0 Å². The zero-order valence-electron chi connectivity index (χ0n) is 27.9. The summed E-state index contributed by atoms with van der Waals surface area (Å²) in [6.45, 7) is 5.04. The van der Waals surface area contributed by atoms with Gasteiger partial charge in [0.2, 0.25) is 10.0 Å². The number of carbonyl (C=O) groups excluding carboxylic acids is 1. The molecule has 0 saturated heterocycles. The van der Waals surface area contributed by atoms with Gasteiger partial charge in [0.25, 0.3) is 5.91 Å². The summed E-state index contributed by atoms with van der Waals surface area (Å²) in [7, 11) is -4.02. The van der Waals surface area contributed by atoms with E-state index in [2.05, 4.69) is 20.7 Å². The third-order valence-electron chi connectivity index (χ3n) is 10.6. The normalized spacial score (nSPS) is 27.8. The van der Waals surface area contributed by atoms with E-state index in [0.717, 1.165) is 48.8 Å². The molecule has 3 aliphatic rings. The van der Waals surface area contributed by atoms with Gasteiger partial charge in [-0.2, -0.15) is 5.26 Å². The predicted octanol–water partition coefficient (Wildman–Crippen LogP) is 6.37. The van der Waals surface area contributed by atoms with E-state index in [0.29, 0.717) is 54.7 Å². The minimum absolute atomic E-state index is 0.0905. The number of nitriles is 1. The lowest BCUT2D eigenvalue weighted by Crippen LogP contribution is -2.51. The largest absolute Gasteiger partial charge is 0.487 e. The molecule has 2 aromatic carbocycles. The van der Waals surface area contributed by atoms with Crippen LogP contribution in [0.4, 0.5) is 5.69 Å². The maximum Gasteiger partial charge on any atom is 0.264 e. The summed E-state index contributed by atoms with van der Waals surface area (Å²) < 4.78 is 35.6. The summed E-state index contributed by atoms with van der Waals surface area (Å²) in [6.07, 6.45) is 10.3. The highest BCUT2D eigenvalue weighted by atomic mass is 35.5. The number of halogens is 1. The van der Waals surface area contributed by atoms with E-state index in [-0.39, 0.29) is 23.3 Å². The number of nitrogens with one attached hydrogen (secondary N) is 1. The summed E-state index contributed by atoms with van der Waals surface area (Å²) in [5, 5.41) is 21.7. The van der Waals surface area contributed by atoms with Crippen molar-refractivity contribution in [2.45, 2.75) is 76.3 Å². The van der Waals surface area contributed by atoms with Crippen LogP contribution in [0.15, 0.2) is 66.9 Å². The van der Waals surface area contributed by atoms with Crippen molar-refractivity contribution in [1.82, 2.24) is 9.71 Å². The summed E-state index contributed by atoms with van der Waals surface area (Å²) in [5.41, 5.74) is 3.00. The fraction of sp³-hybridized carbons (Fsp3) is 0.447. The second-order valence-corrected chi connectivity index (χ2v) is 16.3. The number of aliphatic hydroxyl groups is 1. The highest BCUT2D eigenvalue weighted by Gasteiger charge is 2.46. The minimum Gasteiger partial charge on any atom is -0.487 e. The van der Waals surface area contributed by atoms with E-state index in [4.69, 9.17) is 16.3 Å². The molecule has 258 valence electrons. The molecule has 2 bridgehead atoms. The van der Waals surface area contributed by atoms with Crippen molar-refractivity contribution in [2.75, 3.05) is 18.0 Å². The molecule has 1 fully saturated rings. The Kier molecular flexibility index (Phi) is 10.4. The number of benzene rings is 2. The van der Waals surface area contributed by atoms with Crippen molar-refractivity contribution in [1.29, 1.82) is 5.26 Å². The van der Waals surface area contributed by atoms with E-state index in [1.54, 1.807) is 37.4 Å². The molecule has 2 aliphatic heterocycles. The number of sulfonamides is 1. The summed E-state index contributed by atoms with van der Waals surface area (Å²) in [4.78, 5) is 19.8. The van der Waals surface area contributed by atoms with Crippen LogP contribution < -0.4 is 14.4 Å². The molecule has 6 rings (SSSR count). The number of hydrogen-bond donors (Lipinski definition) is 2. The maximum atomic E-state index is 13.5. The lowest BCUT2D eigenvalue weighted by molar-refractivity contribution is -0.0445. The molecule has 9 nitrogen and oxygen atoms in total. The van der Waals surface area contributed by atoms with Crippen molar-refractivity contribution >= 4 is 33.2 Å². The number of nitrogens with zero attached hydrogens (tertiary/aromatic N) is 3. The number of ether oxygens (including phenoxy) is 1. The van der Waals surface area contributed by atoms with Crippen LogP contribution in [0.25, 0.3) is 0 Å². The van der Waals surface area contributed by atoms with Crippen LogP contribution in [0.3, 0.4) is 0 Å². The topological polar surface area (TPSA) is 133 Å². The molecule has 3 heterocycles. The molecule has 2 N–H and O–H groups in total. The van der Waals surface area contributed by atoms with Crippen LogP contribution in [-0.4, -0.2) is 48.4 Å². The first-order valence-corrected chi connectivity index (χ1v) is 19.0. The fourth-order valence-corrected chi connectivity index (χ4v) is 8.84. The zero-order valence-corrected chi connectivity index (χ0v) is 29.5. The van der Waals surface area contributed by atoms with Crippen LogP contribution in [-0.2, 0) is 29.5 Å². The third-order valence-corrected chi connectivity index (χ3v) is 12.8. The number of pyridine rings is 1. The third kappa shape index (κ3) is 7.80. The standard InChI is InChI=1S/C38H43ClN4O5S/c1-25-6-5-15-38(45,21-27-14-16-41-33(18-27)22-40)34-12-9-30(34)23-43-17-4-3-7-28-19-32(39)11-8-31(28)24-48-36-13-10-29(20-35(36)43)37(44)42-49(46,47)26(25)2/h5,8,10-11,13-16,18-20,25-26,30,34,45H,3-4,6-7,9,12,17,21,23-24H2,1-2H3,(H,42,44)/b15-5+/t25-,26+,30-,34+,38+/m0/s1. The van der Waals surface area contributed by atoms with Crippen molar-refractivity contribution in [3.63, 3.8) is 0 Å². The number of carbonyl (C=O) groups is 1. The maximum absolute atomic E-state index is 13.5. The smallest absolute Gasteiger partial charge is 0.264 e. The molecule has 49 heavy (non-hydrogen) atoms. The van der Waals surface area contributed by atoms with Crippen molar-refractivity contribution in [2.24, 2.45) is 17.8 Å². The van der Waals surface area contributed by atoms with Crippen molar-refractivity contribution < 1.29 is 23.1 Å². The number of fused-ring (bicyclic) bond motifs is 3. The highest BCUT2D eigenvalue weighted by Crippen LogP contribution is 2.46. The lowest BCUT2D eigenvalue weighted by Gasteiger charge is -2.48. The zero-order chi connectivity index (χ0) is 34.8. The number of aromatic nitrogens is 1. The van der Waals surface area contributed by atoms with Gasteiger partial charge >= 0.3 is 0 Å². The summed E-state index contributed by atoms with van der Waals surface area (Å²) >= 11 is 6.35. The first-order chi connectivity index (χ1) is 23.5. The molecule has 0 spiro atoms. The number of hydrogen-bond acceptors (Lipinski definition) is 8. The average Bonchev–Trinajstić information content (AvgIpc) is 3.08. The average molecular weight is 703 g/mol. The van der Waals surface area contributed by atoms with Crippen molar-refractivity contribution in [3.05, 3.63) is 99.9 Å². The van der Waals surface area contributed by atoms with E-state index < -0.39 is 26.8 Å². The number of allylic oxidation sites excluding steroid dienone is 1. The summed E-state index contributed by atoms with van der Waals surface area (Å²) in [5.74, 6) is -0.382. The second-order valence-electron chi connectivity index (χ2n) is 13.9.